The van der Waals surface area contributed by atoms with Crippen molar-refractivity contribution in [1.29, 1.82) is 0 Å². The first-order valence-corrected chi connectivity index (χ1v) is 9.91. The van der Waals surface area contributed by atoms with Gasteiger partial charge >= 0.3 is 0 Å². The van der Waals surface area contributed by atoms with Crippen molar-refractivity contribution < 1.29 is 13.2 Å². The molecule has 0 unspecified atom stereocenters. The highest BCUT2D eigenvalue weighted by Gasteiger charge is 2.21. The molecule has 5 nitrogen and oxygen atoms in total. The molecule has 0 atom stereocenters. The molecule has 0 saturated carbocycles. The number of carbonyl (C=O) groups is 1. The van der Waals surface area contributed by atoms with Crippen LogP contribution in [0.1, 0.15) is 17.5 Å². The van der Waals surface area contributed by atoms with Crippen LogP contribution in [-0.2, 0) is 14.8 Å². The summed E-state index contributed by atoms with van der Waals surface area (Å²) in [4.78, 5) is 14.0. The summed E-state index contributed by atoms with van der Waals surface area (Å²) < 4.78 is 25.7. The van der Waals surface area contributed by atoms with E-state index in [1.54, 1.807) is 18.0 Å². The fourth-order valence-corrected chi connectivity index (χ4v) is 3.70. The van der Waals surface area contributed by atoms with Crippen LogP contribution in [0.4, 0.5) is 11.4 Å². The van der Waals surface area contributed by atoms with Crippen LogP contribution >= 0.6 is 0 Å². The molecular weight excluding hydrogens is 336 g/mol. The molecule has 6 heteroatoms. The number of nitrogens with zero attached hydrogens (tertiary/aromatic N) is 2. The Labute approximate surface area is 149 Å². The van der Waals surface area contributed by atoms with Crippen LogP contribution in [0.5, 0.6) is 0 Å². The number of aryl methyl sites for hydroxylation is 2. The molecule has 0 bridgehead atoms. The first-order chi connectivity index (χ1) is 11.7. The molecule has 2 aromatic rings. The van der Waals surface area contributed by atoms with E-state index in [1.807, 2.05) is 56.3 Å². The zero-order valence-corrected chi connectivity index (χ0v) is 15.9. The second-order valence-corrected chi connectivity index (χ2v) is 8.07. The van der Waals surface area contributed by atoms with Crippen LogP contribution in [-0.4, -0.2) is 34.2 Å². The molecule has 0 saturated heterocycles. The lowest BCUT2D eigenvalue weighted by atomic mass is 10.1. The van der Waals surface area contributed by atoms with E-state index in [2.05, 4.69) is 0 Å². The molecule has 0 fully saturated rings. The van der Waals surface area contributed by atoms with E-state index in [-0.39, 0.29) is 18.9 Å². The van der Waals surface area contributed by atoms with Crippen molar-refractivity contribution in [2.75, 3.05) is 29.1 Å². The van der Waals surface area contributed by atoms with Gasteiger partial charge in [0.05, 0.1) is 11.9 Å². The van der Waals surface area contributed by atoms with E-state index in [0.717, 1.165) is 23.1 Å². The van der Waals surface area contributed by atoms with Crippen LogP contribution in [0, 0.1) is 13.8 Å². The third-order valence-corrected chi connectivity index (χ3v) is 5.25. The second-order valence-electron chi connectivity index (χ2n) is 6.16. The Balaban J connectivity index is 2.17. The first-order valence-electron chi connectivity index (χ1n) is 8.06. The van der Waals surface area contributed by atoms with Crippen LogP contribution in [0.3, 0.4) is 0 Å². The maximum Gasteiger partial charge on any atom is 0.232 e. The Bertz CT molecular complexity index is 848. The average molecular weight is 360 g/mol. The van der Waals surface area contributed by atoms with Gasteiger partial charge in [0.15, 0.2) is 0 Å². The molecule has 2 rings (SSSR count). The lowest BCUT2D eigenvalue weighted by molar-refractivity contribution is -0.118. The zero-order valence-electron chi connectivity index (χ0n) is 15.1. The average Bonchev–Trinajstić information content (AvgIpc) is 2.55. The molecule has 134 valence electrons. The minimum atomic E-state index is -3.48. The minimum Gasteiger partial charge on any atom is -0.315 e. The number of hydrogen-bond donors (Lipinski definition) is 0. The normalized spacial score (nSPS) is 11.2. The lowest BCUT2D eigenvalue weighted by Crippen LogP contribution is -2.35. The van der Waals surface area contributed by atoms with Gasteiger partial charge < -0.3 is 4.90 Å². The summed E-state index contributed by atoms with van der Waals surface area (Å²) >= 11 is 0. The number of hydrogen-bond acceptors (Lipinski definition) is 3. The largest absolute Gasteiger partial charge is 0.315 e. The summed E-state index contributed by atoms with van der Waals surface area (Å²) in [6, 6.07) is 14.9. The molecule has 2 aromatic carbocycles. The monoisotopic (exact) mass is 360 g/mol. The van der Waals surface area contributed by atoms with Gasteiger partial charge in [0, 0.05) is 25.7 Å². The van der Waals surface area contributed by atoms with Crippen molar-refractivity contribution in [2.45, 2.75) is 20.3 Å². The van der Waals surface area contributed by atoms with Crippen LogP contribution in [0.25, 0.3) is 0 Å². The van der Waals surface area contributed by atoms with Crippen molar-refractivity contribution in [3.05, 3.63) is 59.7 Å². The summed E-state index contributed by atoms with van der Waals surface area (Å²) in [6.45, 7) is 3.94. The van der Waals surface area contributed by atoms with Gasteiger partial charge in [-0.1, -0.05) is 35.9 Å². The molecule has 0 aliphatic carbocycles. The SMILES string of the molecule is Cc1ccc(N(CCC(=O)N(C)c2ccccc2)S(C)(=O)=O)c(C)c1. The van der Waals surface area contributed by atoms with E-state index >= 15 is 0 Å². The lowest BCUT2D eigenvalue weighted by Gasteiger charge is -2.25. The summed E-state index contributed by atoms with van der Waals surface area (Å²) in [5.74, 6) is -0.135. The van der Waals surface area contributed by atoms with Gasteiger partial charge in [0.2, 0.25) is 15.9 Å². The van der Waals surface area contributed by atoms with Crippen LogP contribution in [0.2, 0.25) is 0 Å². The highest BCUT2D eigenvalue weighted by atomic mass is 32.2. The molecule has 0 spiro atoms. The Morgan fingerprint density at radius 3 is 2.24 bits per heavy atom. The fraction of sp³-hybridized carbons (Fsp3) is 0.316. The van der Waals surface area contributed by atoms with Gasteiger partial charge in [-0.15, -0.1) is 0 Å². The highest BCUT2D eigenvalue weighted by molar-refractivity contribution is 7.92. The molecule has 0 aromatic heterocycles. The zero-order chi connectivity index (χ0) is 18.6. The predicted octanol–water partition coefficient (Wildman–Crippen LogP) is 3.12. The number of sulfonamides is 1. The van der Waals surface area contributed by atoms with E-state index < -0.39 is 10.0 Å². The molecule has 0 radical (unpaired) electrons. The predicted molar refractivity (Wildman–Crippen MR) is 103 cm³/mol. The first kappa shape index (κ1) is 19.0. The summed E-state index contributed by atoms with van der Waals surface area (Å²) in [7, 11) is -1.78. The Kier molecular flexibility index (Phi) is 5.85. The standard InChI is InChI=1S/C19H24N2O3S/c1-15-10-11-18(16(2)14-15)21(25(4,23)24)13-12-19(22)20(3)17-8-6-5-7-9-17/h5-11,14H,12-13H2,1-4H3. The maximum absolute atomic E-state index is 12.4. The molecule has 0 N–H and O–H groups in total. The number of para-hydroxylation sites is 1. The van der Waals surface area contributed by atoms with Gasteiger partial charge in [-0.25, -0.2) is 8.42 Å². The van der Waals surface area contributed by atoms with E-state index in [1.165, 1.54) is 4.31 Å². The van der Waals surface area contributed by atoms with Crippen molar-refractivity contribution in [2.24, 2.45) is 0 Å². The van der Waals surface area contributed by atoms with E-state index in [0.29, 0.717) is 5.69 Å². The molecule has 0 aliphatic rings. The topological polar surface area (TPSA) is 57.7 Å². The minimum absolute atomic E-state index is 0.103. The molecule has 25 heavy (non-hydrogen) atoms. The highest BCUT2D eigenvalue weighted by Crippen LogP contribution is 2.24. The molecule has 0 heterocycles. The van der Waals surface area contributed by atoms with Gasteiger partial charge in [0.25, 0.3) is 0 Å². The van der Waals surface area contributed by atoms with Gasteiger partial charge in [-0.05, 0) is 37.6 Å². The Morgan fingerprint density at radius 2 is 1.68 bits per heavy atom. The molecule has 1 amide bonds. The Hall–Kier alpha value is -2.34. The molecule has 0 aliphatic heterocycles. The van der Waals surface area contributed by atoms with E-state index in [9.17, 15) is 13.2 Å². The fourth-order valence-electron chi connectivity index (χ4n) is 2.71. The van der Waals surface area contributed by atoms with Crippen molar-refractivity contribution in [3.8, 4) is 0 Å². The van der Waals surface area contributed by atoms with Gasteiger partial charge in [-0.2, -0.15) is 0 Å². The maximum atomic E-state index is 12.4. The van der Waals surface area contributed by atoms with Gasteiger partial charge in [-0.3, -0.25) is 9.10 Å². The smallest absolute Gasteiger partial charge is 0.232 e. The third kappa shape index (κ3) is 4.82. The second kappa shape index (κ2) is 7.70. The number of carbonyl (C=O) groups excluding carboxylic acids is 1. The summed E-state index contributed by atoms with van der Waals surface area (Å²) in [6.07, 6.45) is 1.27. The third-order valence-electron chi connectivity index (χ3n) is 4.07. The number of benzene rings is 2. The summed E-state index contributed by atoms with van der Waals surface area (Å²) in [5, 5.41) is 0. The van der Waals surface area contributed by atoms with Gasteiger partial charge in [0.1, 0.15) is 0 Å². The quantitative estimate of drug-likeness (QED) is 0.795. The number of rotatable bonds is 6. The van der Waals surface area contributed by atoms with Crippen molar-refractivity contribution in [3.63, 3.8) is 0 Å². The number of anilines is 2. The number of amides is 1. The summed E-state index contributed by atoms with van der Waals surface area (Å²) in [5.41, 5.74) is 3.33. The van der Waals surface area contributed by atoms with Crippen molar-refractivity contribution >= 4 is 27.3 Å². The van der Waals surface area contributed by atoms with Crippen LogP contribution in [0.15, 0.2) is 48.5 Å². The van der Waals surface area contributed by atoms with E-state index in [4.69, 9.17) is 0 Å². The van der Waals surface area contributed by atoms with Crippen molar-refractivity contribution in [1.82, 2.24) is 0 Å². The molecular formula is C19H24N2O3S. The Morgan fingerprint density at radius 1 is 1.04 bits per heavy atom. The van der Waals surface area contributed by atoms with Crippen LogP contribution < -0.4 is 9.21 Å².